The van der Waals surface area contributed by atoms with Crippen LogP contribution in [0, 0.1) is 0 Å². The fraction of sp³-hybridized carbons (Fsp3) is 0.650. The Bertz CT molecular complexity index is 555. The lowest BCUT2D eigenvalue weighted by Gasteiger charge is -2.49. The van der Waals surface area contributed by atoms with Crippen LogP contribution in [0.3, 0.4) is 0 Å². The summed E-state index contributed by atoms with van der Waals surface area (Å²) in [6, 6.07) is 8.91. The Balaban J connectivity index is 1.48. The summed E-state index contributed by atoms with van der Waals surface area (Å²) in [5.41, 5.74) is 2.64. The molecule has 0 atom stereocenters. The van der Waals surface area contributed by atoms with Gasteiger partial charge in [0, 0.05) is 25.2 Å². The molecule has 3 rings (SSSR count). The summed E-state index contributed by atoms with van der Waals surface area (Å²) in [7, 11) is 3.68. The number of piperazine rings is 2. The molecule has 2 fully saturated rings. The van der Waals surface area contributed by atoms with Gasteiger partial charge in [0.2, 0.25) is 0 Å². The number of likely N-dealkylation sites (N-methyl/N-ethyl adjacent to an activating group) is 1. The number of carbonyl (C=O) groups excluding carboxylic acids is 1. The molecule has 0 unspecified atom stereocenters. The highest BCUT2D eigenvalue weighted by atomic mass is 16.5. The van der Waals surface area contributed by atoms with Crippen LogP contribution < -0.4 is 4.90 Å². The SMILES string of the molecule is COC(=O)CCCc1ccc(N2CC[N+]3(CCN(C)CC3)CC2)cc1. The molecule has 2 heterocycles. The van der Waals surface area contributed by atoms with E-state index in [1.807, 2.05) is 0 Å². The summed E-state index contributed by atoms with van der Waals surface area (Å²) in [4.78, 5) is 16.2. The highest BCUT2D eigenvalue weighted by molar-refractivity contribution is 5.69. The van der Waals surface area contributed by atoms with Crippen molar-refractivity contribution in [2.75, 3.05) is 71.4 Å². The summed E-state index contributed by atoms with van der Waals surface area (Å²) in [6.45, 7) is 9.95. The monoisotopic (exact) mass is 346 g/mol. The zero-order chi connectivity index (χ0) is 17.7. The lowest BCUT2D eigenvalue weighted by Crippen LogP contribution is -2.65. The molecule has 2 saturated heterocycles. The number of hydrogen-bond acceptors (Lipinski definition) is 4. The number of aryl methyl sites for hydroxylation is 1. The van der Waals surface area contributed by atoms with Gasteiger partial charge in [0.25, 0.3) is 0 Å². The van der Waals surface area contributed by atoms with Gasteiger partial charge in [0.15, 0.2) is 0 Å². The molecule has 1 spiro atoms. The number of hydrogen-bond donors (Lipinski definition) is 0. The first kappa shape index (κ1) is 18.2. The third kappa shape index (κ3) is 4.73. The van der Waals surface area contributed by atoms with E-state index in [2.05, 4.69) is 41.1 Å². The molecule has 0 amide bonds. The van der Waals surface area contributed by atoms with Crippen molar-refractivity contribution in [1.82, 2.24) is 4.90 Å². The van der Waals surface area contributed by atoms with E-state index in [1.54, 1.807) is 0 Å². The molecule has 5 heteroatoms. The highest BCUT2D eigenvalue weighted by Crippen LogP contribution is 2.22. The molecule has 0 aromatic heterocycles. The minimum absolute atomic E-state index is 0.120. The van der Waals surface area contributed by atoms with E-state index >= 15 is 0 Å². The Hall–Kier alpha value is -1.59. The van der Waals surface area contributed by atoms with Crippen molar-refractivity contribution in [3.63, 3.8) is 0 Å². The van der Waals surface area contributed by atoms with Crippen molar-refractivity contribution in [2.45, 2.75) is 19.3 Å². The lowest BCUT2D eigenvalue weighted by molar-refractivity contribution is -0.932. The van der Waals surface area contributed by atoms with Crippen molar-refractivity contribution < 1.29 is 14.0 Å². The molecular weight excluding hydrogens is 314 g/mol. The Morgan fingerprint density at radius 3 is 2.24 bits per heavy atom. The normalized spacial score (nSPS) is 20.6. The van der Waals surface area contributed by atoms with Crippen LogP contribution in [0.25, 0.3) is 0 Å². The second-order valence-electron chi connectivity index (χ2n) is 7.62. The summed E-state index contributed by atoms with van der Waals surface area (Å²) >= 11 is 0. The first-order chi connectivity index (χ1) is 12.1. The van der Waals surface area contributed by atoms with Gasteiger partial charge in [-0.05, 0) is 37.6 Å². The minimum atomic E-state index is -0.120. The van der Waals surface area contributed by atoms with Crippen LogP contribution in [0.5, 0.6) is 0 Å². The van der Waals surface area contributed by atoms with Gasteiger partial charge in [-0.3, -0.25) is 9.69 Å². The van der Waals surface area contributed by atoms with Gasteiger partial charge in [-0.25, -0.2) is 0 Å². The molecule has 0 bridgehead atoms. The van der Waals surface area contributed by atoms with E-state index in [0.717, 1.165) is 25.9 Å². The van der Waals surface area contributed by atoms with Crippen LogP contribution in [0.2, 0.25) is 0 Å². The van der Waals surface area contributed by atoms with E-state index < -0.39 is 0 Å². The average molecular weight is 346 g/mol. The van der Waals surface area contributed by atoms with Crippen molar-refractivity contribution in [1.29, 1.82) is 0 Å². The summed E-state index contributed by atoms with van der Waals surface area (Å²) in [6.07, 6.45) is 2.28. The Morgan fingerprint density at radius 2 is 1.64 bits per heavy atom. The van der Waals surface area contributed by atoms with Crippen molar-refractivity contribution in [3.05, 3.63) is 29.8 Å². The number of methoxy groups -OCH3 is 1. The minimum Gasteiger partial charge on any atom is -0.469 e. The summed E-state index contributed by atoms with van der Waals surface area (Å²) in [5.74, 6) is -0.120. The zero-order valence-corrected chi connectivity index (χ0v) is 15.7. The van der Waals surface area contributed by atoms with Crippen LogP contribution in [0.15, 0.2) is 24.3 Å². The van der Waals surface area contributed by atoms with Crippen LogP contribution in [-0.4, -0.2) is 81.9 Å². The van der Waals surface area contributed by atoms with Gasteiger partial charge >= 0.3 is 5.97 Å². The molecule has 2 aliphatic rings. The third-order valence-corrected chi connectivity index (χ3v) is 5.98. The van der Waals surface area contributed by atoms with Gasteiger partial charge in [0.05, 0.1) is 46.4 Å². The van der Waals surface area contributed by atoms with Gasteiger partial charge in [-0.15, -0.1) is 0 Å². The molecule has 5 nitrogen and oxygen atoms in total. The zero-order valence-electron chi connectivity index (χ0n) is 15.7. The molecule has 0 N–H and O–H groups in total. The second kappa shape index (κ2) is 8.19. The van der Waals surface area contributed by atoms with Crippen LogP contribution in [0.4, 0.5) is 5.69 Å². The van der Waals surface area contributed by atoms with Crippen molar-refractivity contribution in [2.24, 2.45) is 0 Å². The predicted octanol–water partition coefficient (Wildman–Crippen LogP) is 1.76. The van der Waals surface area contributed by atoms with Gasteiger partial charge in [0.1, 0.15) is 0 Å². The van der Waals surface area contributed by atoms with E-state index in [0.29, 0.717) is 6.42 Å². The largest absolute Gasteiger partial charge is 0.469 e. The maximum Gasteiger partial charge on any atom is 0.305 e. The Labute approximate surface area is 151 Å². The highest BCUT2D eigenvalue weighted by Gasteiger charge is 2.35. The van der Waals surface area contributed by atoms with Crippen molar-refractivity contribution >= 4 is 11.7 Å². The number of benzene rings is 1. The molecule has 1 aromatic carbocycles. The van der Waals surface area contributed by atoms with E-state index in [4.69, 9.17) is 4.74 Å². The molecule has 138 valence electrons. The molecule has 0 aliphatic carbocycles. The Morgan fingerprint density at radius 1 is 1.04 bits per heavy atom. The smallest absolute Gasteiger partial charge is 0.305 e. The number of ether oxygens (including phenoxy) is 1. The first-order valence-electron chi connectivity index (χ1n) is 9.55. The third-order valence-electron chi connectivity index (χ3n) is 5.98. The van der Waals surface area contributed by atoms with E-state index in [1.165, 1.54) is 62.1 Å². The maximum absolute atomic E-state index is 11.2. The predicted molar refractivity (Wildman–Crippen MR) is 101 cm³/mol. The maximum atomic E-state index is 11.2. The molecule has 0 radical (unpaired) electrons. The van der Waals surface area contributed by atoms with Gasteiger partial charge in [-0.2, -0.15) is 0 Å². The number of quaternary nitrogens is 1. The quantitative estimate of drug-likeness (QED) is 0.601. The van der Waals surface area contributed by atoms with Crippen LogP contribution in [0.1, 0.15) is 18.4 Å². The number of nitrogens with zero attached hydrogens (tertiary/aromatic N) is 3. The molecule has 2 aliphatic heterocycles. The molecule has 25 heavy (non-hydrogen) atoms. The van der Waals surface area contributed by atoms with E-state index in [-0.39, 0.29) is 5.97 Å². The number of rotatable bonds is 5. The summed E-state index contributed by atoms with van der Waals surface area (Å²) in [5, 5.41) is 0. The number of carbonyl (C=O) groups is 1. The van der Waals surface area contributed by atoms with E-state index in [9.17, 15) is 4.79 Å². The van der Waals surface area contributed by atoms with Crippen molar-refractivity contribution in [3.8, 4) is 0 Å². The summed E-state index contributed by atoms with van der Waals surface area (Å²) < 4.78 is 6.00. The van der Waals surface area contributed by atoms with Crippen LogP contribution >= 0.6 is 0 Å². The topological polar surface area (TPSA) is 32.8 Å². The molecule has 1 aromatic rings. The Kier molecular flexibility index (Phi) is 5.97. The molecular formula is C20H32N3O2+. The lowest BCUT2D eigenvalue weighted by atomic mass is 10.1. The van der Waals surface area contributed by atoms with Crippen LogP contribution in [-0.2, 0) is 16.0 Å². The standard InChI is InChI=1S/C20H32N3O2/c1-21-10-14-23(15-11-21)16-12-22(13-17-23)19-8-6-18(7-9-19)4-3-5-20(24)25-2/h6-9H,3-5,10-17H2,1-2H3/q+1. The molecule has 0 saturated carbocycles. The van der Waals surface area contributed by atoms with Gasteiger partial charge < -0.3 is 14.1 Å². The fourth-order valence-corrected chi connectivity index (χ4v) is 4.00. The average Bonchev–Trinajstić information content (AvgIpc) is 2.65. The number of anilines is 1. The fourth-order valence-electron chi connectivity index (χ4n) is 4.00. The number of esters is 1. The first-order valence-corrected chi connectivity index (χ1v) is 9.55. The van der Waals surface area contributed by atoms with Gasteiger partial charge in [-0.1, -0.05) is 12.1 Å². The second-order valence-corrected chi connectivity index (χ2v) is 7.62.